The first-order valence-corrected chi connectivity index (χ1v) is 8.68. The lowest BCUT2D eigenvalue weighted by Crippen LogP contribution is -2.68. The average Bonchev–Trinajstić information content (AvgIpc) is 2.80. The second kappa shape index (κ2) is 4.33. The van der Waals surface area contributed by atoms with Gasteiger partial charge in [-0.1, -0.05) is 48.8 Å². The van der Waals surface area contributed by atoms with E-state index < -0.39 is 0 Å². The summed E-state index contributed by atoms with van der Waals surface area (Å²) < 4.78 is 0.925. The van der Waals surface area contributed by atoms with Crippen molar-refractivity contribution >= 4 is 43.5 Å². The number of carbonyl (C=O) groups is 1. The van der Waals surface area contributed by atoms with E-state index >= 15 is 0 Å². The molecule has 0 aromatic heterocycles. The molecule has 1 amide bonds. The van der Waals surface area contributed by atoms with Crippen LogP contribution in [0, 0.1) is 16.2 Å². The molecule has 3 aliphatic rings. The van der Waals surface area contributed by atoms with Gasteiger partial charge in [-0.25, -0.2) is 0 Å². The van der Waals surface area contributed by atoms with Crippen LogP contribution in [0.2, 0.25) is 0 Å². The molecule has 3 atom stereocenters. The van der Waals surface area contributed by atoms with Crippen LogP contribution >= 0.6 is 31.9 Å². The van der Waals surface area contributed by atoms with Crippen LogP contribution in [-0.4, -0.2) is 10.7 Å². The van der Waals surface area contributed by atoms with Crippen LogP contribution in [0.4, 0.5) is 5.69 Å². The SMILES string of the molecule is CC1(C)[C@]2(C(=O)Nc3ccccc3Br)CC[C@]1(C)[C@H]2Br. The highest BCUT2D eigenvalue weighted by Gasteiger charge is 2.80. The van der Waals surface area contributed by atoms with Gasteiger partial charge in [-0.2, -0.15) is 0 Å². The number of hydrogen-bond donors (Lipinski definition) is 1. The Hall–Kier alpha value is -0.350. The molecule has 3 saturated carbocycles. The molecular weight excluding hydrogens is 382 g/mol. The predicted octanol–water partition coefficient (Wildman–Crippen LogP) is 4.98. The summed E-state index contributed by atoms with van der Waals surface area (Å²) in [6.45, 7) is 6.76. The van der Waals surface area contributed by atoms with Crippen LogP contribution in [0.25, 0.3) is 0 Å². The smallest absolute Gasteiger partial charge is 0.232 e. The van der Waals surface area contributed by atoms with Gasteiger partial charge in [-0.3, -0.25) is 4.79 Å². The third kappa shape index (κ3) is 1.47. The Labute approximate surface area is 137 Å². The number of para-hydroxylation sites is 1. The topological polar surface area (TPSA) is 29.1 Å². The maximum absolute atomic E-state index is 12.9. The molecule has 1 aromatic carbocycles. The minimum atomic E-state index is -0.295. The van der Waals surface area contributed by atoms with Crippen LogP contribution in [0.1, 0.15) is 33.6 Å². The molecule has 2 bridgehead atoms. The Morgan fingerprint density at radius 2 is 1.90 bits per heavy atom. The summed E-state index contributed by atoms with van der Waals surface area (Å²) in [6.07, 6.45) is 2.07. The first-order valence-electron chi connectivity index (χ1n) is 6.97. The van der Waals surface area contributed by atoms with Crippen molar-refractivity contribution in [2.75, 3.05) is 5.32 Å². The fourth-order valence-electron chi connectivity index (χ4n) is 4.25. The van der Waals surface area contributed by atoms with E-state index in [4.69, 9.17) is 0 Å². The van der Waals surface area contributed by atoms with Gasteiger partial charge in [0.2, 0.25) is 5.91 Å². The van der Waals surface area contributed by atoms with E-state index in [0.717, 1.165) is 23.0 Å². The third-order valence-corrected chi connectivity index (χ3v) is 8.58. The standard InChI is InChI=1S/C16H19Br2NO/c1-14(2)15(3)8-9-16(14,12(15)18)13(20)19-11-7-5-4-6-10(11)17/h4-7,12H,8-9H2,1-3H3,(H,19,20)/t12-,15-,16-/m1/s1. The first kappa shape index (κ1) is 14.6. The van der Waals surface area contributed by atoms with Gasteiger partial charge in [-0.05, 0) is 51.7 Å². The molecule has 4 rings (SSSR count). The summed E-state index contributed by atoms with van der Waals surface area (Å²) in [7, 11) is 0. The molecule has 4 heteroatoms. The minimum absolute atomic E-state index is 0.0273. The summed E-state index contributed by atoms with van der Waals surface area (Å²) in [4.78, 5) is 13.2. The molecule has 0 unspecified atom stereocenters. The van der Waals surface area contributed by atoms with Crippen LogP contribution < -0.4 is 5.32 Å². The number of hydrogen-bond acceptors (Lipinski definition) is 1. The van der Waals surface area contributed by atoms with Gasteiger partial charge in [0.05, 0.1) is 11.1 Å². The number of amides is 1. The number of anilines is 1. The van der Waals surface area contributed by atoms with Crippen molar-refractivity contribution in [3.05, 3.63) is 28.7 Å². The fourth-order valence-corrected chi connectivity index (χ4v) is 6.45. The van der Waals surface area contributed by atoms with Crippen molar-refractivity contribution in [3.63, 3.8) is 0 Å². The third-order valence-electron chi connectivity index (χ3n) is 6.10. The van der Waals surface area contributed by atoms with E-state index in [9.17, 15) is 4.79 Å². The largest absolute Gasteiger partial charge is 0.325 e. The zero-order valence-electron chi connectivity index (χ0n) is 12.0. The van der Waals surface area contributed by atoms with Crippen molar-refractivity contribution in [2.45, 2.75) is 38.4 Å². The number of nitrogens with one attached hydrogen (secondary N) is 1. The molecule has 1 N–H and O–H groups in total. The fraction of sp³-hybridized carbons (Fsp3) is 0.562. The van der Waals surface area contributed by atoms with Gasteiger partial charge >= 0.3 is 0 Å². The molecule has 2 nitrogen and oxygen atoms in total. The molecule has 0 aliphatic heterocycles. The number of rotatable bonds is 2. The molecular formula is C16H19Br2NO. The zero-order valence-corrected chi connectivity index (χ0v) is 15.1. The highest BCUT2D eigenvalue weighted by molar-refractivity contribution is 9.10. The molecule has 3 aliphatic carbocycles. The molecule has 3 fully saturated rings. The van der Waals surface area contributed by atoms with Gasteiger partial charge < -0.3 is 5.32 Å². The maximum Gasteiger partial charge on any atom is 0.232 e. The molecule has 0 saturated heterocycles. The summed E-state index contributed by atoms with van der Waals surface area (Å²) in [6, 6.07) is 7.77. The van der Waals surface area contributed by atoms with Crippen molar-refractivity contribution in [3.8, 4) is 0 Å². The summed E-state index contributed by atoms with van der Waals surface area (Å²) in [5.41, 5.74) is 0.803. The number of benzene rings is 1. The Morgan fingerprint density at radius 3 is 2.40 bits per heavy atom. The van der Waals surface area contributed by atoms with E-state index in [1.807, 2.05) is 24.3 Å². The highest BCUT2D eigenvalue weighted by Crippen LogP contribution is 2.79. The van der Waals surface area contributed by atoms with Gasteiger partial charge in [0, 0.05) is 9.30 Å². The summed E-state index contributed by atoms with van der Waals surface area (Å²) in [5, 5.41) is 3.12. The summed E-state index contributed by atoms with van der Waals surface area (Å²) >= 11 is 7.29. The number of carbonyl (C=O) groups excluding carboxylic acids is 1. The molecule has 108 valence electrons. The van der Waals surface area contributed by atoms with Crippen molar-refractivity contribution < 1.29 is 4.79 Å². The second-order valence-electron chi connectivity index (χ2n) is 6.81. The van der Waals surface area contributed by atoms with E-state index in [2.05, 4.69) is 57.9 Å². The number of fused-ring (bicyclic) bond motifs is 1. The lowest BCUT2D eigenvalue weighted by atomic mass is 9.43. The zero-order chi connectivity index (χ0) is 14.8. The minimum Gasteiger partial charge on any atom is -0.325 e. The Kier molecular flexibility index (Phi) is 3.15. The van der Waals surface area contributed by atoms with Gasteiger partial charge in [-0.15, -0.1) is 0 Å². The molecule has 0 spiro atoms. The first-order chi connectivity index (χ1) is 9.27. The van der Waals surface area contributed by atoms with Crippen LogP contribution in [-0.2, 0) is 4.79 Å². The van der Waals surface area contributed by atoms with Crippen molar-refractivity contribution in [2.24, 2.45) is 16.2 Å². The van der Waals surface area contributed by atoms with Gasteiger partial charge in [0.1, 0.15) is 0 Å². The quantitative estimate of drug-likeness (QED) is 0.697. The normalized spacial score (nSPS) is 37.4. The highest BCUT2D eigenvalue weighted by atomic mass is 79.9. The monoisotopic (exact) mass is 399 g/mol. The van der Waals surface area contributed by atoms with Crippen molar-refractivity contribution in [1.29, 1.82) is 0 Å². The number of alkyl halides is 1. The Morgan fingerprint density at radius 1 is 1.25 bits per heavy atom. The lowest BCUT2D eigenvalue weighted by Gasteiger charge is -2.64. The molecule has 0 radical (unpaired) electrons. The van der Waals surface area contributed by atoms with Crippen LogP contribution in [0.3, 0.4) is 0 Å². The molecule has 1 aromatic rings. The maximum atomic E-state index is 12.9. The van der Waals surface area contributed by atoms with Gasteiger partial charge in [0.15, 0.2) is 0 Å². The Bertz CT molecular complexity index is 586. The van der Waals surface area contributed by atoms with E-state index in [-0.39, 0.29) is 27.0 Å². The van der Waals surface area contributed by atoms with E-state index in [1.54, 1.807) is 0 Å². The predicted molar refractivity (Wildman–Crippen MR) is 89.0 cm³/mol. The molecule has 0 heterocycles. The lowest BCUT2D eigenvalue weighted by molar-refractivity contribution is -0.156. The number of halogens is 2. The van der Waals surface area contributed by atoms with Crippen molar-refractivity contribution in [1.82, 2.24) is 0 Å². The van der Waals surface area contributed by atoms with E-state index in [1.165, 1.54) is 0 Å². The van der Waals surface area contributed by atoms with Crippen LogP contribution in [0.5, 0.6) is 0 Å². The second-order valence-corrected chi connectivity index (χ2v) is 8.58. The van der Waals surface area contributed by atoms with E-state index in [0.29, 0.717) is 0 Å². The average molecular weight is 401 g/mol. The van der Waals surface area contributed by atoms with Crippen LogP contribution in [0.15, 0.2) is 28.7 Å². The Balaban J connectivity index is 1.91. The van der Waals surface area contributed by atoms with Gasteiger partial charge in [0.25, 0.3) is 0 Å². The molecule has 20 heavy (non-hydrogen) atoms. The summed E-state index contributed by atoms with van der Waals surface area (Å²) in [5.74, 6) is 0.145.